The second kappa shape index (κ2) is 3.84. The van der Waals surface area contributed by atoms with Crippen LogP contribution in [-0.4, -0.2) is 25.9 Å². The van der Waals surface area contributed by atoms with Crippen molar-refractivity contribution in [3.63, 3.8) is 0 Å². The predicted molar refractivity (Wildman–Crippen MR) is 52.4 cm³/mol. The maximum atomic E-state index is 10.6. The molecule has 1 N–H and O–H groups in total. The van der Waals surface area contributed by atoms with Gasteiger partial charge < -0.3 is 0 Å². The van der Waals surface area contributed by atoms with Crippen LogP contribution >= 0.6 is 11.3 Å². The number of hydrazone groups is 1. The monoisotopic (exact) mass is 219 g/mol. The molecule has 72 valence electrons. The summed E-state index contributed by atoms with van der Waals surface area (Å²) >= 11 is 1.44. The molecule has 13 heavy (non-hydrogen) atoms. The SMILES string of the molecule is Cc1ncc(/C=N/NS(C)(=O)=O)s1. The van der Waals surface area contributed by atoms with Crippen molar-refractivity contribution < 1.29 is 8.42 Å². The standard InChI is InChI=1S/C6H9N3O2S2/c1-5-7-3-6(12-5)4-8-9-13(2,10)11/h3-4,9H,1-2H3/b8-4+. The highest BCUT2D eigenvalue weighted by molar-refractivity contribution is 7.88. The van der Waals surface area contributed by atoms with Gasteiger partial charge in [-0.1, -0.05) is 0 Å². The van der Waals surface area contributed by atoms with Crippen molar-refractivity contribution in [3.05, 3.63) is 16.1 Å². The lowest BCUT2D eigenvalue weighted by molar-refractivity contribution is 0.591. The van der Waals surface area contributed by atoms with Gasteiger partial charge >= 0.3 is 0 Å². The fourth-order valence-corrected chi connectivity index (χ4v) is 1.52. The third-order valence-electron chi connectivity index (χ3n) is 1.05. The molecule has 1 aromatic heterocycles. The molecular formula is C6H9N3O2S2. The van der Waals surface area contributed by atoms with Gasteiger partial charge in [0.05, 0.1) is 22.4 Å². The van der Waals surface area contributed by atoms with Crippen LogP contribution in [0.4, 0.5) is 0 Å². The molecule has 7 heteroatoms. The van der Waals surface area contributed by atoms with Crippen LogP contribution in [-0.2, 0) is 10.0 Å². The Morgan fingerprint density at radius 1 is 1.69 bits per heavy atom. The van der Waals surface area contributed by atoms with Crippen LogP contribution in [0.2, 0.25) is 0 Å². The van der Waals surface area contributed by atoms with Gasteiger partial charge in [-0.05, 0) is 6.92 Å². The number of aryl methyl sites for hydroxylation is 1. The topological polar surface area (TPSA) is 71.4 Å². The van der Waals surface area contributed by atoms with Gasteiger partial charge in [-0.2, -0.15) is 5.10 Å². The van der Waals surface area contributed by atoms with Crippen molar-refractivity contribution in [2.75, 3.05) is 6.26 Å². The van der Waals surface area contributed by atoms with Crippen molar-refractivity contribution in [2.24, 2.45) is 5.10 Å². The molecule has 0 atom stereocenters. The van der Waals surface area contributed by atoms with E-state index in [1.54, 1.807) is 6.20 Å². The number of hydrogen-bond acceptors (Lipinski definition) is 5. The van der Waals surface area contributed by atoms with Crippen LogP contribution in [0.5, 0.6) is 0 Å². The maximum Gasteiger partial charge on any atom is 0.244 e. The van der Waals surface area contributed by atoms with Gasteiger partial charge in [-0.15, -0.1) is 11.3 Å². The third-order valence-corrected chi connectivity index (χ3v) is 2.33. The summed E-state index contributed by atoms with van der Waals surface area (Å²) in [6, 6.07) is 0. The summed E-state index contributed by atoms with van der Waals surface area (Å²) in [5, 5.41) is 4.45. The van der Waals surface area contributed by atoms with E-state index in [9.17, 15) is 8.42 Å². The Morgan fingerprint density at radius 2 is 2.38 bits per heavy atom. The normalized spacial score (nSPS) is 12.2. The lowest BCUT2D eigenvalue weighted by Gasteiger charge is -1.91. The summed E-state index contributed by atoms with van der Waals surface area (Å²) in [4.78, 5) is 6.80. The highest BCUT2D eigenvalue weighted by Gasteiger charge is 1.96. The van der Waals surface area contributed by atoms with Gasteiger partial charge in [-0.3, -0.25) is 0 Å². The van der Waals surface area contributed by atoms with Crippen LogP contribution in [0.25, 0.3) is 0 Å². The summed E-state index contributed by atoms with van der Waals surface area (Å²) in [7, 11) is -3.25. The molecule has 0 aromatic carbocycles. The summed E-state index contributed by atoms with van der Waals surface area (Å²) in [6.07, 6.45) is 4.10. The van der Waals surface area contributed by atoms with Gasteiger partial charge in [0.15, 0.2) is 0 Å². The first-order valence-corrected chi connectivity index (χ1v) is 6.10. The predicted octanol–water partition coefficient (Wildman–Crippen LogP) is 0.335. The Bertz CT molecular complexity index is 407. The molecule has 0 spiro atoms. The molecule has 1 heterocycles. The summed E-state index contributed by atoms with van der Waals surface area (Å²) in [5.41, 5.74) is 0. The van der Waals surface area contributed by atoms with Crippen LogP contribution in [0, 0.1) is 6.92 Å². The highest BCUT2D eigenvalue weighted by atomic mass is 32.2. The van der Waals surface area contributed by atoms with E-state index in [2.05, 4.69) is 10.1 Å². The van der Waals surface area contributed by atoms with Crippen molar-refractivity contribution >= 4 is 27.6 Å². The van der Waals surface area contributed by atoms with Crippen LogP contribution in [0.1, 0.15) is 9.88 Å². The Labute approximate surface area is 80.6 Å². The van der Waals surface area contributed by atoms with Crippen molar-refractivity contribution in [2.45, 2.75) is 6.92 Å². The van der Waals surface area contributed by atoms with E-state index in [1.807, 2.05) is 11.8 Å². The van der Waals surface area contributed by atoms with E-state index in [-0.39, 0.29) is 0 Å². The summed E-state index contributed by atoms with van der Waals surface area (Å²) < 4.78 is 21.2. The number of sulfonamides is 1. The molecule has 1 rings (SSSR count). The number of nitrogens with zero attached hydrogens (tertiary/aromatic N) is 2. The van der Waals surface area contributed by atoms with Crippen LogP contribution in [0.3, 0.4) is 0 Å². The second-order valence-corrected chi connectivity index (χ2v) is 5.40. The first-order valence-electron chi connectivity index (χ1n) is 3.39. The third kappa shape index (κ3) is 4.00. The smallest absolute Gasteiger partial charge is 0.244 e. The molecule has 0 fully saturated rings. The van der Waals surface area contributed by atoms with E-state index in [4.69, 9.17) is 0 Å². The minimum Gasteiger partial charge on any atom is -0.249 e. The average molecular weight is 219 g/mol. The molecule has 0 unspecified atom stereocenters. The minimum absolute atomic E-state index is 0.814. The van der Waals surface area contributed by atoms with Crippen molar-refractivity contribution in [3.8, 4) is 0 Å². The number of aromatic nitrogens is 1. The van der Waals surface area contributed by atoms with Crippen LogP contribution in [0.15, 0.2) is 11.3 Å². The van der Waals surface area contributed by atoms with Gasteiger partial charge in [-0.25, -0.2) is 18.2 Å². The zero-order valence-corrected chi connectivity index (χ0v) is 8.82. The largest absolute Gasteiger partial charge is 0.249 e. The molecular weight excluding hydrogens is 210 g/mol. The van der Waals surface area contributed by atoms with E-state index in [0.29, 0.717) is 0 Å². The molecule has 1 aromatic rings. The summed E-state index contributed by atoms with van der Waals surface area (Å²) in [5.74, 6) is 0. The van der Waals surface area contributed by atoms with Gasteiger partial charge in [0.25, 0.3) is 0 Å². The average Bonchev–Trinajstić information content (AvgIpc) is 2.33. The summed E-state index contributed by atoms with van der Waals surface area (Å²) in [6.45, 7) is 1.87. The van der Waals surface area contributed by atoms with E-state index in [0.717, 1.165) is 16.1 Å². The van der Waals surface area contributed by atoms with E-state index in [1.165, 1.54) is 17.6 Å². The molecule has 0 radical (unpaired) electrons. The van der Waals surface area contributed by atoms with Crippen molar-refractivity contribution in [1.82, 2.24) is 9.82 Å². The molecule has 0 saturated heterocycles. The number of nitrogens with one attached hydrogen (secondary N) is 1. The number of thiazole rings is 1. The molecule has 0 aliphatic rings. The van der Waals surface area contributed by atoms with Crippen molar-refractivity contribution in [1.29, 1.82) is 0 Å². The van der Waals surface area contributed by atoms with Gasteiger partial charge in [0.1, 0.15) is 0 Å². The molecule has 0 aliphatic carbocycles. The quantitative estimate of drug-likeness (QED) is 0.588. The fourth-order valence-electron chi connectivity index (χ4n) is 0.623. The van der Waals surface area contributed by atoms with E-state index >= 15 is 0 Å². The Kier molecular flexibility index (Phi) is 2.99. The lowest BCUT2D eigenvalue weighted by atomic mass is 10.6. The second-order valence-electron chi connectivity index (χ2n) is 2.40. The molecule has 5 nitrogen and oxygen atoms in total. The number of rotatable bonds is 3. The fraction of sp³-hybridized carbons (Fsp3) is 0.333. The lowest BCUT2D eigenvalue weighted by Crippen LogP contribution is -2.15. The molecule has 0 saturated carbocycles. The minimum atomic E-state index is -3.25. The Morgan fingerprint density at radius 3 is 2.85 bits per heavy atom. The molecule has 0 bridgehead atoms. The van der Waals surface area contributed by atoms with Gasteiger partial charge in [0.2, 0.25) is 10.0 Å². The Balaban J connectivity index is 2.60. The van der Waals surface area contributed by atoms with Crippen LogP contribution < -0.4 is 4.83 Å². The molecule has 0 amide bonds. The first-order chi connectivity index (χ1) is 5.97. The number of hydrogen-bond donors (Lipinski definition) is 1. The highest BCUT2D eigenvalue weighted by Crippen LogP contribution is 2.07. The van der Waals surface area contributed by atoms with E-state index < -0.39 is 10.0 Å². The van der Waals surface area contributed by atoms with Gasteiger partial charge in [0, 0.05) is 6.20 Å². The molecule has 0 aliphatic heterocycles. The first kappa shape index (κ1) is 10.1. The Hall–Kier alpha value is -0.950. The maximum absolute atomic E-state index is 10.6. The zero-order valence-electron chi connectivity index (χ0n) is 7.18. The zero-order chi connectivity index (χ0) is 9.90.